The van der Waals surface area contributed by atoms with Crippen LogP contribution in [-0.2, 0) is 6.54 Å². The number of rotatable bonds is 7. The van der Waals surface area contributed by atoms with Crippen molar-refractivity contribution in [3.8, 4) is 0 Å². The van der Waals surface area contributed by atoms with Crippen molar-refractivity contribution in [2.75, 3.05) is 10.2 Å². The van der Waals surface area contributed by atoms with E-state index < -0.39 is 5.91 Å². The van der Waals surface area contributed by atoms with Crippen molar-refractivity contribution in [3.05, 3.63) is 80.0 Å². The van der Waals surface area contributed by atoms with Crippen molar-refractivity contribution in [2.24, 2.45) is 16.1 Å². The van der Waals surface area contributed by atoms with Crippen molar-refractivity contribution in [2.45, 2.75) is 44.6 Å². The number of hydrogen-bond acceptors (Lipinski definition) is 5. The maximum atomic E-state index is 13.4. The van der Waals surface area contributed by atoms with E-state index in [4.69, 9.17) is 34.5 Å². The highest BCUT2D eigenvalue weighted by atomic mass is 35.5. The van der Waals surface area contributed by atoms with Crippen LogP contribution in [0.25, 0.3) is 0 Å². The van der Waals surface area contributed by atoms with Gasteiger partial charge in [-0.2, -0.15) is 5.53 Å². The van der Waals surface area contributed by atoms with Gasteiger partial charge in [0.05, 0.1) is 16.6 Å². The summed E-state index contributed by atoms with van der Waals surface area (Å²) in [4.78, 5) is 27.4. The number of nitrogens with zero attached hydrogens (tertiary/aromatic N) is 3. The molecular weight excluding hydrogens is 545 g/mol. The molecule has 0 spiro atoms. The normalized spacial score (nSPS) is 14.1. The molecule has 2 aromatic carbocycles. The smallest absolute Gasteiger partial charge is 0.326 e. The quantitative estimate of drug-likeness (QED) is 0.102. The average molecular weight is 573 g/mol. The van der Waals surface area contributed by atoms with Gasteiger partial charge in [0, 0.05) is 11.3 Å². The van der Waals surface area contributed by atoms with E-state index in [0.717, 1.165) is 11.3 Å². The lowest BCUT2D eigenvalue weighted by atomic mass is 9.84. The molecule has 38 heavy (non-hydrogen) atoms. The summed E-state index contributed by atoms with van der Waals surface area (Å²) in [6.07, 6.45) is 6.17. The molecule has 12 heteroatoms. The zero-order valence-corrected chi connectivity index (χ0v) is 22.7. The lowest BCUT2D eigenvalue weighted by Gasteiger charge is -2.25. The Hall–Kier alpha value is -3.47. The van der Waals surface area contributed by atoms with Gasteiger partial charge in [-0.25, -0.2) is 4.79 Å². The number of guanidine groups is 1. The minimum atomic E-state index is -0.488. The Morgan fingerprint density at radius 1 is 1.05 bits per heavy atom. The second-order valence-electron chi connectivity index (χ2n) is 8.92. The van der Waals surface area contributed by atoms with Crippen LogP contribution in [0.2, 0.25) is 8.67 Å². The minimum Gasteiger partial charge on any atom is -0.368 e. The van der Waals surface area contributed by atoms with Crippen LogP contribution in [0.1, 0.15) is 59.5 Å². The van der Waals surface area contributed by atoms with E-state index in [-0.39, 0.29) is 18.5 Å². The molecule has 3 amide bonds. The summed E-state index contributed by atoms with van der Waals surface area (Å²) in [7, 11) is 0. The van der Waals surface area contributed by atoms with Crippen LogP contribution >= 0.6 is 34.5 Å². The van der Waals surface area contributed by atoms with E-state index in [0.29, 0.717) is 25.8 Å². The van der Waals surface area contributed by atoms with Gasteiger partial charge in [0.1, 0.15) is 4.34 Å². The predicted molar refractivity (Wildman–Crippen MR) is 152 cm³/mol. The Labute approximate surface area is 234 Å². The Morgan fingerprint density at radius 3 is 2.34 bits per heavy atom. The molecule has 3 aromatic rings. The first-order chi connectivity index (χ1) is 18.3. The predicted octanol–water partition coefficient (Wildman–Crippen LogP) is 7.33. The van der Waals surface area contributed by atoms with E-state index in [1.807, 2.05) is 12.1 Å². The van der Waals surface area contributed by atoms with Gasteiger partial charge in [0.15, 0.2) is 0 Å². The maximum Gasteiger partial charge on any atom is 0.326 e. The standard InChI is InChI=1S/C26H27Cl2N7O2S/c27-22-14-21(23(28)38-22)31-26(37)35(20-12-10-18(11-13-20)17-4-2-1-3-5-17)15-16-6-8-19(9-7-16)24(36)32-25(29)33-34-30/h6-14,17H,1-5,15H2,(H,31,37)(H4,29,30,32,33,36). The van der Waals surface area contributed by atoms with Crippen LogP contribution < -0.4 is 21.3 Å². The third kappa shape index (κ3) is 7.09. The number of nitrogens with two attached hydrogens (primary N) is 1. The molecular formula is C26H27Cl2N7O2S. The van der Waals surface area contributed by atoms with Crippen molar-refractivity contribution in [1.29, 1.82) is 5.53 Å². The number of nitrogens with one attached hydrogen (secondary N) is 3. The second-order valence-corrected chi connectivity index (χ2v) is 11.2. The number of thiophene rings is 1. The Bertz CT molecular complexity index is 1320. The second kappa shape index (κ2) is 12.9. The first kappa shape index (κ1) is 27.6. The van der Waals surface area contributed by atoms with Gasteiger partial charge in [-0.05, 0) is 65.4 Å². The Morgan fingerprint density at radius 2 is 1.74 bits per heavy atom. The molecule has 0 radical (unpaired) electrons. The fraction of sp³-hybridized carbons (Fsp3) is 0.269. The summed E-state index contributed by atoms with van der Waals surface area (Å²) in [5, 5.41) is 11.2. The third-order valence-electron chi connectivity index (χ3n) is 6.38. The Kier molecular flexibility index (Phi) is 9.33. The van der Waals surface area contributed by atoms with Gasteiger partial charge in [-0.1, -0.05) is 71.8 Å². The topological polar surface area (TPSA) is 136 Å². The summed E-state index contributed by atoms with van der Waals surface area (Å²) >= 11 is 13.5. The molecule has 9 nitrogen and oxygen atoms in total. The molecule has 1 saturated carbocycles. The van der Waals surface area contributed by atoms with Gasteiger partial charge >= 0.3 is 6.03 Å². The molecule has 0 saturated heterocycles. The van der Waals surface area contributed by atoms with Gasteiger partial charge in [-0.15, -0.1) is 11.3 Å². The van der Waals surface area contributed by atoms with Crippen LogP contribution in [0.3, 0.4) is 0 Å². The van der Waals surface area contributed by atoms with Gasteiger partial charge < -0.3 is 11.1 Å². The van der Waals surface area contributed by atoms with Crippen molar-refractivity contribution < 1.29 is 9.59 Å². The van der Waals surface area contributed by atoms with E-state index >= 15 is 0 Å². The number of hydrogen-bond donors (Lipinski definition) is 4. The molecule has 1 aliphatic carbocycles. The minimum absolute atomic E-state index is 0.243. The zero-order chi connectivity index (χ0) is 27.1. The molecule has 0 atom stereocenters. The molecule has 0 bridgehead atoms. The van der Waals surface area contributed by atoms with E-state index in [1.54, 1.807) is 35.2 Å². The lowest BCUT2D eigenvalue weighted by molar-refractivity contribution is 0.0976. The fourth-order valence-electron chi connectivity index (χ4n) is 4.46. The number of anilines is 2. The lowest BCUT2D eigenvalue weighted by Crippen LogP contribution is -2.36. The molecule has 0 unspecified atom stereocenters. The number of amides is 3. The third-order valence-corrected chi connectivity index (χ3v) is 7.87. The van der Waals surface area contributed by atoms with Crippen molar-refractivity contribution in [1.82, 2.24) is 5.32 Å². The summed E-state index contributed by atoms with van der Waals surface area (Å²) in [6, 6.07) is 16.1. The fourth-order valence-corrected chi connectivity index (χ4v) is 5.84. The zero-order valence-electron chi connectivity index (χ0n) is 20.4. The molecule has 4 rings (SSSR count). The average Bonchev–Trinajstić information content (AvgIpc) is 3.24. The summed E-state index contributed by atoms with van der Waals surface area (Å²) in [5.74, 6) is -0.210. The van der Waals surface area contributed by atoms with E-state index in [2.05, 4.69) is 33.1 Å². The molecule has 5 N–H and O–H groups in total. The molecule has 0 aliphatic heterocycles. The van der Waals surface area contributed by atoms with Crippen LogP contribution in [0.4, 0.5) is 16.2 Å². The highest BCUT2D eigenvalue weighted by molar-refractivity contribution is 7.20. The first-order valence-electron chi connectivity index (χ1n) is 12.1. The van der Waals surface area contributed by atoms with Crippen LogP contribution in [-0.4, -0.2) is 17.9 Å². The molecule has 1 fully saturated rings. The number of carbonyl (C=O) groups is 2. The van der Waals surface area contributed by atoms with Crippen molar-refractivity contribution in [3.63, 3.8) is 0 Å². The van der Waals surface area contributed by atoms with Gasteiger partial charge in [0.2, 0.25) is 5.96 Å². The summed E-state index contributed by atoms with van der Waals surface area (Å²) in [6.45, 7) is 0.243. The monoisotopic (exact) mass is 571 g/mol. The molecule has 1 aliphatic rings. The van der Waals surface area contributed by atoms with Crippen LogP contribution in [0.5, 0.6) is 0 Å². The molecule has 198 valence electrons. The summed E-state index contributed by atoms with van der Waals surface area (Å²) in [5.41, 5.74) is 15.8. The number of halogens is 2. The number of carbonyl (C=O) groups excluding carboxylic acids is 2. The van der Waals surface area contributed by atoms with E-state index in [9.17, 15) is 9.59 Å². The maximum absolute atomic E-state index is 13.4. The van der Waals surface area contributed by atoms with Crippen molar-refractivity contribution >= 4 is 63.8 Å². The van der Waals surface area contributed by atoms with Gasteiger partial charge in [0.25, 0.3) is 5.91 Å². The van der Waals surface area contributed by atoms with Crippen LogP contribution in [0.15, 0.2) is 64.9 Å². The Balaban J connectivity index is 1.55. The molecule has 1 aromatic heterocycles. The largest absolute Gasteiger partial charge is 0.368 e. The summed E-state index contributed by atoms with van der Waals surface area (Å²) < 4.78 is 0.872. The number of benzene rings is 2. The highest BCUT2D eigenvalue weighted by Crippen LogP contribution is 2.36. The SMILES string of the molecule is N=NN=C(N)NC(=O)c1ccc(CN(C(=O)Nc2cc(Cl)sc2Cl)c2ccc(C3CCCCC3)cc2)cc1. The first-order valence-corrected chi connectivity index (χ1v) is 13.6. The van der Waals surface area contributed by atoms with E-state index in [1.165, 1.54) is 49.0 Å². The molecule has 1 heterocycles. The highest BCUT2D eigenvalue weighted by Gasteiger charge is 2.21. The van der Waals surface area contributed by atoms with Gasteiger partial charge in [-0.3, -0.25) is 15.0 Å². The van der Waals surface area contributed by atoms with Crippen LogP contribution in [0, 0.1) is 5.53 Å². The number of urea groups is 1.